The van der Waals surface area contributed by atoms with Crippen LogP contribution in [0.4, 0.5) is 0 Å². The third-order valence-electron chi connectivity index (χ3n) is 3.26. The highest BCUT2D eigenvalue weighted by Crippen LogP contribution is 2.08. The van der Waals surface area contributed by atoms with Crippen LogP contribution in [0.25, 0.3) is 0 Å². The molecule has 0 bridgehead atoms. The Hall–Kier alpha value is -1.35. The lowest BCUT2D eigenvalue weighted by Crippen LogP contribution is -2.39. The highest BCUT2D eigenvalue weighted by molar-refractivity contribution is 5.78. The van der Waals surface area contributed by atoms with Gasteiger partial charge in [0.1, 0.15) is 0 Å². The predicted molar refractivity (Wildman–Crippen MR) is 75.2 cm³/mol. The first-order chi connectivity index (χ1) is 8.69. The fourth-order valence-corrected chi connectivity index (χ4v) is 1.88. The van der Waals surface area contributed by atoms with Gasteiger partial charge in [-0.15, -0.1) is 0 Å². The molecule has 0 heterocycles. The maximum absolute atomic E-state index is 12.2. The lowest BCUT2D eigenvalue weighted by atomic mass is 10.1. The van der Waals surface area contributed by atoms with Gasteiger partial charge in [0.05, 0.1) is 0 Å². The third-order valence-corrected chi connectivity index (χ3v) is 3.26. The Morgan fingerprint density at radius 2 is 1.94 bits per heavy atom. The van der Waals surface area contributed by atoms with Gasteiger partial charge in [-0.05, 0) is 18.4 Å². The summed E-state index contributed by atoms with van der Waals surface area (Å²) in [6.07, 6.45) is 1.77. The monoisotopic (exact) mass is 248 g/mol. The maximum atomic E-state index is 12.2. The maximum Gasteiger partial charge on any atom is 0.225 e. The second-order valence-electron chi connectivity index (χ2n) is 4.66. The largest absolute Gasteiger partial charge is 0.341 e. The van der Waals surface area contributed by atoms with Crippen molar-refractivity contribution in [1.29, 1.82) is 0 Å². The molecule has 1 atom stereocenters. The van der Waals surface area contributed by atoms with Crippen LogP contribution >= 0.6 is 0 Å². The van der Waals surface area contributed by atoms with Crippen molar-refractivity contribution < 1.29 is 4.79 Å². The topological polar surface area (TPSA) is 46.3 Å². The van der Waals surface area contributed by atoms with Gasteiger partial charge in [-0.3, -0.25) is 4.79 Å². The van der Waals surface area contributed by atoms with Crippen LogP contribution in [-0.4, -0.2) is 30.4 Å². The molecule has 0 spiro atoms. The third kappa shape index (κ3) is 4.49. The van der Waals surface area contributed by atoms with Gasteiger partial charge >= 0.3 is 0 Å². The van der Waals surface area contributed by atoms with Gasteiger partial charge in [0, 0.05) is 25.6 Å². The summed E-state index contributed by atoms with van der Waals surface area (Å²) < 4.78 is 0. The molecule has 0 saturated heterocycles. The van der Waals surface area contributed by atoms with E-state index in [9.17, 15) is 4.79 Å². The average molecular weight is 248 g/mol. The summed E-state index contributed by atoms with van der Waals surface area (Å²) in [5, 5.41) is 0. The Kier molecular flexibility index (Phi) is 6.44. The molecule has 1 aromatic rings. The van der Waals surface area contributed by atoms with Crippen LogP contribution in [0.2, 0.25) is 0 Å². The van der Waals surface area contributed by atoms with Crippen molar-refractivity contribution >= 4 is 5.91 Å². The summed E-state index contributed by atoms with van der Waals surface area (Å²) in [5.41, 5.74) is 6.84. The SMILES string of the molecule is CCC(C)C(=O)N(CCN)CCc1ccccc1. The van der Waals surface area contributed by atoms with Crippen molar-refractivity contribution in [2.45, 2.75) is 26.7 Å². The lowest BCUT2D eigenvalue weighted by molar-refractivity contribution is -0.134. The molecule has 100 valence electrons. The average Bonchev–Trinajstić information content (AvgIpc) is 2.43. The number of carbonyl (C=O) groups is 1. The van der Waals surface area contributed by atoms with Crippen molar-refractivity contribution in [2.75, 3.05) is 19.6 Å². The number of carbonyl (C=O) groups excluding carboxylic acids is 1. The van der Waals surface area contributed by atoms with Crippen LogP contribution in [-0.2, 0) is 11.2 Å². The van der Waals surface area contributed by atoms with Gasteiger partial charge in [-0.2, -0.15) is 0 Å². The van der Waals surface area contributed by atoms with E-state index in [-0.39, 0.29) is 11.8 Å². The molecule has 0 aromatic heterocycles. The smallest absolute Gasteiger partial charge is 0.225 e. The zero-order valence-corrected chi connectivity index (χ0v) is 11.4. The normalized spacial score (nSPS) is 12.2. The fourth-order valence-electron chi connectivity index (χ4n) is 1.88. The number of nitrogens with zero attached hydrogens (tertiary/aromatic N) is 1. The van der Waals surface area contributed by atoms with E-state index in [0.717, 1.165) is 19.4 Å². The molecule has 3 nitrogen and oxygen atoms in total. The molecule has 0 fully saturated rings. The first-order valence-corrected chi connectivity index (χ1v) is 6.71. The molecule has 0 aliphatic heterocycles. The van der Waals surface area contributed by atoms with Crippen molar-refractivity contribution in [3.63, 3.8) is 0 Å². The minimum Gasteiger partial charge on any atom is -0.341 e. The van der Waals surface area contributed by atoms with Gasteiger partial charge < -0.3 is 10.6 Å². The van der Waals surface area contributed by atoms with Crippen LogP contribution in [0.15, 0.2) is 30.3 Å². The number of benzene rings is 1. The molecule has 1 unspecified atom stereocenters. The van der Waals surface area contributed by atoms with Crippen LogP contribution in [0, 0.1) is 5.92 Å². The Bertz CT molecular complexity index is 351. The first-order valence-electron chi connectivity index (χ1n) is 6.71. The zero-order chi connectivity index (χ0) is 13.4. The van der Waals surface area contributed by atoms with E-state index in [1.165, 1.54) is 5.56 Å². The zero-order valence-electron chi connectivity index (χ0n) is 11.4. The summed E-state index contributed by atoms with van der Waals surface area (Å²) >= 11 is 0. The number of amides is 1. The van der Waals surface area contributed by atoms with Gasteiger partial charge in [-0.1, -0.05) is 44.2 Å². The molecule has 2 N–H and O–H groups in total. The number of rotatable bonds is 7. The minimum absolute atomic E-state index is 0.0901. The van der Waals surface area contributed by atoms with Crippen molar-refractivity contribution in [3.8, 4) is 0 Å². The molecule has 1 amide bonds. The van der Waals surface area contributed by atoms with Crippen LogP contribution in [0.3, 0.4) is 0 Å². The Morgan fingerprint density at radius 1 is 1.28 bits per heavy atom. The molecule has 1 rings (SSSR count). The van der Waals surface area contributed by atoms with E-state index in [1.807, 2.05) is 36.9 Å². The lowest BCUT2D eigenvalue weighted by Gasteiger charge is -2.25. The minimum atomic E-state index is 0.0901. The van der Waals surface area contributed by atoms with E-state index < -0.39 is 0 Å². The molecule has 1 aromatic carbocycles. The van der Waals surface area contributed by atoms with E-state index >= 15 is 0 Å². The van der Waals surface area contributed by atoms with Crippen molar-refractivity contribution in [2.24, 2.45) is 11.7 Å². The molecule has 0 aliphatic carbocycles. The molecule has 0 aliphatic rings. The van der Waals surface area contributed by atoms with Gasteiger partial charge in [0.25, 0.3) is 0 Å². The Morgan fingerprint density at radius 3 is 2.50 bits per heavy atom. The van der Waals surface area contributed by atoms with E-state index in [1.54, 1.807) is 0 Å². The highest BCUT2D eigenvalue weighted by atomic mass is 16.2. The standard InChI is InChI=1S/C15H24N2O/c1-3-13(2)15(18)17(12-10-16)11-9-14-7-5-4-6-8-14/h4-8,13H,3,9-12,16H2,1-2H3. The molecule has 18 heavy (non-hydrogen) atoms. The summed E-state index contributed by atoms with van der Waals surface area (Å²) in [7, 11) is 0. The number of hydrogen-bond acceptors (Lipinski definition) is 2. The number of hydrogen-bond donors (Lipinski definition) is 1. The van der Waals surface area contributed by atoms with E-state index in [2.05, 4.69) is 12.1 Å². The second kappa shape index (κ2) is 7.88. The summed E-state index contributed by atoms with van der Waals surface area (Å²) in [6.45, 7) is 5.95. The van der Waals surface area contributed by atoms with E-state index in [4.69, 9.17) is 5.73 Å². The van der Waals surface area contributed by atoms with Gasteiger partial charge in [-0.25, -0.2) is 0 Å². The molecular weight excluding hydrogens is 224 g/mol. The van der Waals surface area contributed by atoms with Crippen molar-refractivity contribution in [3.05, 3.63) is 35.9 Å². The molecular formula is C15H24N2O. The summed E-state index contributed by atoms with van der Waals surface area (Å²) in [4.78, 5) is 14.0. The molecule has 3 heteroatoms. The van der Waals surface area contributed by atoms with E-state index in [0.29, 0.717) is 13.1 Å². The summed E-state index contributed by atoms with van der Waals surface area (Å²) in [6, 6.07) is 10.2. The Balaban J connectivity index is 2.55. The molecule has 0 radical (unpaired) electrons. The highest BCUT2D eigenvalue weighted by Gasteiger charge is 2.17. The predicted octanol–water partition coefficient (Wildman–Crippen LogP) is 2.06. The number of nitrogens with two attached hydrogens (primary N) is 1. The van der Waals surface area contributed by atoms with Crippen molar-refractivity contribution in [1.82, 2.24) is 4.90 Å². The van der Waals surface area contributed by atoms with Crippen LogP contribution in [0.5, 0.6) is 0 Å². The summed E-state index contributed by atoms with van der Waals surface area (Å²) in [5.74, 6) is 0.311. The van der Waals surface area contributed by atoms with Gasteiger partial charge in [0.2, 0.25) is 5.91 Å². The van der Waals surface area contributed by atoms with Gasteiger partial charge in [0.15, 0.2) is 0 Å². The first kappa shape index (κ1) is 14.7. The Labute approximate surface area is 110 Å². The van der Waals surface area contributed by atoms with Crippen LogP contribution in [0.1, 0.15) is 25.8 Å². The quantitative estimate of drug-likeness (QED) is 0.803. The van der Waals surface area contributed by atoms with Crippen LogP contribution < -0.4 is 5.73 Å². The second-order valence-corrected chi connectivity index (χ2v) is 4.66. The fraction of sp³-hybridized carbons (Fsp3) is 0.533. The molecule has 0 saturated carbocycles.